The molecule has 134 valence electrons. The molecule has 0 aliphatic heterocycles. The van der Waals surface area contributed by atoms with Crippen molar-refractivity contribution in [2.24, 2.45) is 0 Å². The molecule has 0 radical (unpaired) electrons. The summed E-state index contributed by atoms with van der Waals surface area (Å²) < 4.78 is 3.21. The number of aryl methyl sites for hydroxylation is 1. The lowest BCUT2D eigenvalue weighted by molar-refractivity contribution is 0.302. The van der Waals surface area contributed by atoms with Crippen LogP contribution in [0, 0.1) is 6.92 Å². The molecule has 3 heterocycles. The molecule has 1 N–H and O–H groups in total. The molecule has 9 heteroatoms. The summed E-state index contributed by atoms with van der Waals surface area (Å²) >= 11 is 0. The topological polar surface area (TPSA) is 103 Å². The van der Waals surface area contributed by atoms with Crippen LogP contribution in [0.25, 0.3) is 5.82 Å². The highest BCUT2D eigenvalue weighted by molar-refractivity contribution is 5.36. The van der Waals surface area contributed by atoms with Gasteiger partial charge in [0.1, 0.15) is 18.5 Å². The summed E-state index contributed by atoms with van der Waals surface area (Å²) in [5, 5.41) is 11.9. The van der Waals surface area contributed by atoms with E-state index in [4.69, 9.17) is 0 Å². The third-order valence-electron chi connectivity index (χ3n) is 4.63. The van der Waals surface area contributed by atoms with Crippen LogP contribution in [0.5, 0.6) is 0 Å². The first-order chi connectivity index (χ1) is 12.7. The highest BCUT2D eigenvalue weighted by atomic mass is 16.1. The van der Waals surface area contributed by atoms with E-state index in [2.05, 4.69) is 30.5 Å². The third kappa shape index (κ3) is 3.46. The Hall–Kier alpha value is -3.10. The molecular formula is C17H20N8O. The van der Waals surface area contributed by atoms with Crippen LogP contribution >= 0.6 is 0 Å². The molecule has 1 aliphatic rings. The Balaban J connectivity index is 1.41. The summed E-state index contributed by atoms with van der Waals surface area (Å²) in [6.07, 6.45) is 10.1. The molecule has 1 aliphatic carbocycles. The lowest BCUT2D eigenvalue weighted by Gasteiger charge is -2.29. The molecule has 0 saturated heterocycles. The van der Waals surface area contributed by atoms with Crippen molar-refractivity contribution in [2.75, 3.05) is 5.32 Å². The molecule has 0 aromatic carbocycles. The Bertz CT molecular complexity index is 928. The number of anilines is 1. The molecule has 0 bridgehead atoms. The van der Waals surface area contributed by atoms with Crippen molar-refractivity contribution >= 4 is 5.82 Å². The number of hydrogen-bond acceptors (Lipinski definition) is 7. The predicted molar refractivity (Wildman–Crippen MR) is 95.1 cm³/mol. The van der Waals surface area contributed by atoms with Gasteiger partial charge in [0.15, 0.2) is 5.82 Å². The van der Waals surface area contributed by atoms with Crippen molar-refractivity contribution in [1.29, 1.82) is 0 Å². The second-order valence-corrected chi connectivity index (χ2v) is 6.51. The first-order valence-corrected chi connectivity index (χ1v) is 8.69. The van der Waals surface area contributed by atoms with Crippen LogP contribution in [0.4, 0.5) is 5.82 Å². The van der Waals surface area contributed by atoms with Crippen molar-refractivity contribution in [2.45, 2.75) is 44.7 Å². The molecule has 3 aromatic rings. The van der Waals surface area contributed by atoms with Crippen LogP contribution in [-0.4, -0.2) is 40.6 Å². The Morgan fingerprint density at radius 1 is 1.12 bits per heavy atom. The lowest BCUT2D eigenvalue weighted by atomic mass is 9.91. The van der Waals surface area contributed by atoms with E-state index in [0.717, 1.165) is 31.4 Å². The van der Waals surface area contributed by atoms with Crippen LogP contribution in [0.1, 0.15) is 37.4 Å². The quantitative estimate of drug-likeness (QED) is 0.759. The Kier molecular flexibility index (Phi) is 4.42. The maximum Gasteiger partial charge on any atom is 0.267 e. The minimum absolute atomic E-state index is 0.0293. The molecule has 3 aromatic heterocycles. The van der Waals surface area contributed by atoms with E-state index in [9.17, 15) is 4.79 Å². The van der Waals surface area contributed by atoms with Crippen molar-refractivity contribution in [3.8, 4) is 5.82 Å². The van der Waals surface area contributed by atoms with Crippen molar-refractivity contribution in [3.63, 3.8) is 0 Å². The average Bonchev–Trinajstić information content (AvgIpc) is 3.20. The highest BCUT2D eigenvalue weighted by Crippen LogP contribution is 2.28. The van der Waals surface area contributed by atoms with Gasteiger partial charge in [-0.15, -0.1) is 0 Å². The normalized spacial score (nSPS) is 20.0. The average molecular weight is 352 g/mol. The van der Waals surface area contributed by atoms with E-state index in [1.165, 1.54) is 6.33 Å². The van der Waals surface area contributed by atoms with Crippen LogP contribution in [0.15, 0.2) is 42.0 Å². The molecule has 0 unspecified atom stereocenters. The van der Waals surface area contributed by atoms with E-state index < -0.39 is 0 Å². The van der Waals surface area contributed by atoms with E-state index in [-0.39, 0.29) is 11.6 Å². The van der Waals surface area contributed by atoms with E-state index in [1.54, 1.807) is 40.2 Å². The minimum atomic E-state index is -0.0293. The third-order valence-corrected chi connectivity index (χ3v) is 4.63. The summed E-state index contributed by atoms with van der Waals surface area (Å²) in [5.74, 6) is 1.34. The molecule has 26 heavy (non-hydrogen) atoms. The van der Waals surface area contributed by atoms with Crippen LogP contribution in [0.2, 0.25) is 0 Å². The van der Waals surface area contributed by atoms with Crippen molar-refractivity contribution in [3.05, 3.63) is 53.2 Å². The number of rotatable bonds is 4. The van der Waals surface area contributed by atoms with Crippen LogP contribution in [-0.2, 0) is 0 Å². The molecule has 1 fully saturated rings. The molecule has 9 nitrogen and oxygen atoms in total. The van der Waals surface area contributed by atoms with Gasteiger partial charge in [-0.2, -0.15) is 10.2 Å². The van der Waals surface area contributed by atoms with Gasteiger partial charge >= 0.3 is 0 Å². The molecule has 0 spiro atoms. The fourth-order valence-corrected chi connectivity index (χ4v) is 3.32. The van der Waals surface area contributed by atoms with Gasteiger partial charge in [-0.05, 0) is 38.7 Å². The fraction of sp³-hybridized carbons (Fsp3) is 0.412. The standard InChI is InChI=1S/C17H20N8O/c1-12-2-7-17(26)25(23-12)14-5-3-13(4-6-14)21-15-8-18-9-16(22-15)24-11-19-10-20-24/h2,7-11,13-14H,3-6H2,1H3,(H,21,22). The van der Waals surface area contributed by atoms with Crippen molar-refractivity contribution < 1.29 is 0 Å². The van der Waals surface area contributed by atoms with E-state index in [1.807, 2.05) is 6.92 Å². The number of aromatic nitrogens is 7. The monoisotopic (exact) mass is 352 g/mol. The summed E-state index contributed by atoms with van der Waals surface area (Å²) in [5.41, 5.74) is 0.837. The summed E-state index contributed by atoms with van der Waals surface area (Å²) in [6.45, 7) is 1.91. The van der Waals surface area contributed by atoms with Crippen molar-refractivity contribution in [1.82, 2.24) is 34.5 Å². The number of hydrogen-bond donors (Lipinski definition) is 1. The SMILES string of the molecule is Cc1ccc(=O)n(C2CCC(Nc3cncc(-n4cncn4)n3)CC2)n1. The van der Waals surface area contributed by atoms with Gasteiger partial charge in [0, 0.05) is 12.1 Å². The Morgan fingerprint density at radius 3 is 2.73 bits per heavy atom. The lowest BCUT2D eigenvalue weighted by Crippen LogP contribution is -2.33. The van der Waals surface area contributed by atoms with Gasteiger partial charge < -0.3 is 5.32 Å². The largest absolute Gasteiger partial charge is 0.366 e. The molecule has 0 amide bonds. The van der Waals surface area contributed by atoms with Gasteiger partial charge in [0.05, 0.1) is 24.1 Å². The molecule has 1 saturated carbocycles. The predicted octanol–water partition coefficient (Wildman–Crippen LogP) is 1.52. The van der Waals surface area contributed by atoms with Crippen LogP contribution < -0.4 is 10.9 Å². The number of nitrogens with one attached hydrogen (secondary N) is 1. The van der Waals surface area contributed by atoms with Gasteiger partial charge in [-0.1, -0.05) is 0 Å². The van der Waals surface area contributed by atoms with E-state index in [0.29, 0.717) is 17.7 Å². The first kappa shape index (κ1) is 16.4. The van der Waals surface area contributed by atoms with Crippen LogP contribution in [0.3, 0.4) is 0 Å². The summed E-state index contributed by atoms with van der Waals surface area (Å²) in [6, 6.07) is 3.81. The zero-order valence-corrected chi connectivity index (χ0v) is 14.5. The maximum atomic E-state index is 12.0. The summed E-state index contributed by atoms with van der Waals surface area (Å²) in [4.78, 5) is 24.7. The number of nitrogens with zero attached hydrogens (tertiary/aromatic N) is 7. The smallest absolute Gasteiger partial charge is 0.267 e. The zero-order chi connectivity index (χ0) is 17.9. The zero-order valence-electron chi connectivity index (χ0n) is 14.5. The summed E-state index contributed by atoms with van der Waals surface area (Å²) in [7, 11) is 0. The minimum Gasteiger partial charge on any atom is -0.366 e. The van der Waals surface area contributed by atoms with Gasteiger partial charge in [0.25, 0.3) is 5.56 Å². The maximum absolute atomic E-state index is 12.0. The Morgan fingerprint density at radius 2 is 1.96 bits per heavy atom. The van der Waals surface area contributed by atoms with Gasteiger partial charge in [-0.25, -0.2) is 19.3 Å². The van der Waals surface area contributed by atoms with Gasteiger partial charge in [0.2, 0.25) is 0 Å². The molecule has 0 atom stereocenters. The first-order valence-electron chi connectivity index (χ1n) is 8.69. The van der Waals surface area contributed by atoms with E-state index >= 15 is 0 Å². The molecule has 4 rings (SSSR count). The Labute approximate surface area is 150 Å². The second kappa shape index (κ2) is 7.03. The highest BCUT2D eigenvalue weighted by Gasteiger charge is 2.24. The fourth-order valence-electron chi connectivity index (χ4n) is 3.32. The molecular weight excluding hydrogens is 332 g/mol. The second-order valence-electron chi connectivity index (χ2n) is 6.51. The van der Waals surface area contributed by atoms with Gasteiger partial charge in [-0.3, -0.25) is 9.78 Å².